The molecular formula is C12H20N4OS. The number of hydrogen-bond donors (Lipinski definition) is 3. The minimum Gasteiger partial charge on any atom is -0.382 e. The highest BCUT2D eigenvalue weighted by molar-refractivity contribution is 7.11. The average molecular weight is 268 g/mol. The molecular weight excluding hydrogens is 248 g/mol. The zero-order valence-electron chi connectivity index (χ0n) is 10.6. The predicted molar refractivity (Wildman–Crippen MR) is 74.7 cm³/mol. The third-order valence-corrected chi connectivity index (χ3v) is 4.60. The molecule has 0 bridgehead atoms. The Morgan fingerprint density at radius 3 is 2.89 bits per heavy atom. The van der Waals surface area contributed by atoms with Crippen molar-refractivity contribution in [2.45, 2.75) is 32.6 Å². The standard InChI is InChI=1S/C12H20N4OS/c1-7-4-2-3-5-8(7)6-15-12-9(11(14)17)10(13)16-18-12/h7-8,15H,2-6H2,1H3,(H2,13,16)(H2,14,17). The summed E-state index contributed by atoms with van der Waals surface area (Å²) in [4.78, 5) is 11.3. The molecule has 0 spiro atoms. The molecule has 0 aromatic carbocycles. The van der Waals surface area contributed by atoms with Gasteiger partial charge in [-0.1, -0.05) is 26.2 Å². The van der Waals surface area contributed by atoms with E-state index in [0.717, 1.165) is 12.5 Å². The molecule has 2 atom stereocenters. The second-order valence-corrected chi connectivity index (χ2v) is 5.81. The highest BCUT2D eigenvalue weighted by Gasteiger charge is 2.22. The minimum absolute atomic E-state index is 0.228. The fraction of sp³-hybridized carbons (Fsp3) is 0.667. The summed E-state index contributed by atoms with van der Waals surface area (Å²) < 4.78 is 3.98. The summed E-state index contributed by atoms with van der Waals surface area (Å²) in [5.74, 6) is 1.10. The van der Waals surface area contributed by atoms with Gasteiger partial charge in [0.1, 0.15) is 10.6 Å². The molecule has 0 aliphatic heterocycles. The molecule has 5 nitrogen and oxygen atoms in total. The van der Waals surface area contributed by atoms with Gasteiger partial charge < -0.3 is 16.8 Å². The van der Waals surface area contributed by atoms with Crippen LogP contribution < -0.4 is 16.8 Å². The number of primary amides is 1. The van der Waals surface area contributed by atoms with Crippen LogP contribution in [0, 0.1) is 11.8 Å². The maximum Gasteiger partial charge on any atom is 0.255 e. The first-order chi connectivity index (χ1) is 8.59. The Morgan fingerprint density at radius 2 is 2.22 bits per heavy atom. The van der Waals surface area contributed by atoms with E-state index in [0.29, 0.717) is 16.5 Å². The van der Waals surface area contributed by atoms with Crippen molar-refractivity contribution in [1.29, 1.82) is 0 Å². The van der Waals surface area contributed by atoms with Crippen molar-refractivity contribution in [1.82, 2.24) is 4.37 Å². The number of carbonyl (C=O) groups is 1. The number of nitrogen functional groups attached to an aromatic ring is 1. The topological polar surface area (TPSA) is 94.0 Å². The lowest BCUT2D eigenvalue weighted by Gasteiger charge is -2.28. The highest BCUT2D eigenvalue weighted by atomic mass is 32.1. The van der Waals surface area contributed by atoms with E-state index in [2.05, 4.69) is 16.6 Å². The van der Waals surface area contributed by atoms with Gasteiger partial charge in [-0.25, -0.2) is 0 Å². The molecule has 1 fully saturated rings. The largest absolute Gasteiger partial charge is 0.382 e. The van der Waals surface area contributed by atoms with Gasteiger partial charge in [0.2, 0.25) is 0 Å². The lowest BCUT2D eigenvalue weighted by molar-refractivity contribution is 0.100. The van der Waals surface area contributed by atoms with Crippen molar-refractivity contribution < 1.29 is 4.79 Å². The first-order valence-electron chi connectivity index (χ1n) is 6.38. The normalized spacial score (nSPS) is 23.8. The van der Waals surface area contributed by atoms with Crippen LogP contribution in [0.4, 0.5) is 10.8 Å². The third kappa shape index (κ3) is 2.75. The number of amides is 1. The Morgan fingerprint density at radius 1 is 1.50 bits per heavy atom. The van der Waals surface area contributed by atoms with Crippen LogP contribution in [0.1, 0.15) is 43.0 Å². The van der Waals surface area contributed by atoms with Crippen LogP contribution >= 0.6 is 11.5 Å². The van der Waals surface area contributed by atoms with Crippen LogP contribution in [0.25, 0.3) is 0 Å². The molecule has 5 N–H and O–H groups in total. The predicted octanol–water partition coefficient (Wildman–Crippen LogP) is 2.06. The molecule has 0 radical (unpaired) electrons. The van der Waals surface area contributed by atoms with Crippen molar-refractivity contribution in [3.05, 3.63) is 5.56 Å². The van der Waals surface area contributed by atoms with Gasteiger partial charge in [0.25, 0.3) is 5.91 Å². The third-order valence-electron chi connectivity index (χ3n) is 3.78. The summed E-state index contributed by atoms with van der Waals surface area (Å²) in [6.07, 6.45) is 5.16. The molecule has 6 heteroatoms. The molecule has 0 saturated heterocycles. The van der Waals surface area contributed by atoms with Crippen molar-refractivity contribution in [2.24, 2.45) is 17.6 Å². The summed E-state index contributed by atoms with van der Waals surface area (Å²) in [6.45, 7) is 3.16. The summed E-state index contributed by atoms with van der Waals surface area (Å²) in [7, 11) is 0. The summed E-state index contributed by atoms with van der Waals surface area (Å²) in [5.41, 5.74) is 11.3. The quantitative estimate of drug-likeness (QED) is 0.779. The second kappa shape index (κ2) is 5.56. The van der Waals surface area contributed by atoms with E-state index in [1.165, 1.54) is 37.2 Å². The number of aromatic nitrogens is 1. The number of hydrogen-bond acceptors (Lipinski definition) is 5. The molecule has 1 amide bonds. The maximum absolute atomic E-state index is 11.3. The number of rotatable bonds is 4. The Balaban J connectivity index is 1.99. The van der Waals surface area contributed by atoms with Crippen LogP contribution in [0.3, 0.4) is 0 Å². The molecule has 2 rings (SSSR count). The minimum atomic E-state index is -0.513. The van der Waals surface area contributed by atoms with E-state index in [4.69, 9.17) is 11.5 Å². The van der Waals surface area contributed by atoms with E-state index < -0.39 is 5.91 Å². The van der Waals surface area contributed by atoms with Gasteiger partial charge in [0.05, 0.1) is 0 Å². The number of nitrogens with zero attached hydrogens (tertiary/aromatic N) is 1. The first kappa shape index (κ1) is 13.1. The van der Waals surface area contributed by atoms with Crippen molar-refractivity contribution in [3.63, 3.8) is 0 Å². The van der Waals surface area contributed by atoms with E-state index in [-0.39, 0.29) is 5.82 Å². The van der Waals surface area contributed by atoms with E-state index in [9.17, 15) is 4.79 Å². The van der Waals surface area contributed by atoms with Crippen molar-refractivity contribution in [3.8, 4) is 0 Å². The zero-order chi connectivity index (χ0) is 13.1. The van der Waals surface area contributed by atoms with E-state index in [1.807, 2.05) is 0 Å². The van der Waals surface area contributed by atoms with Crippen LogP contribution in [0.2, 0.25) is 0 Å². The van der Waals surface area contributed by atoms with E-state index in [1.54, 1.807) is 0 Å². The van der Waals surface area contributed by atoms with Gasteiger partial charge in [-0.3, -0.25) is 4.79 Å². The molecule has 2 unspecified atom stereocenters. The first-order valence-corrected chi connectivity index (χ1v) is 7.15. The van der Waals surface area contributed by atoms with Crippen molar-refractivity contribution >= 4 is 28.3 Å². The van der Waals surface area contributed by atoms with Crippen LogP contribution in [-0.4, -0.2) is 16.8 Å². The average Bonchev–Trinajstić information content (AvgIpc) is 2.69. The molecule has 1 saturated carbocycles. The number of nitrogens with one attached hydrogen (secondary N) is 1. The second-order valence-electron chi connectivity index (χ2n) is 5.04. The Bertz CT molecular complexity index is 432. The molecule has 1 heterocycles. The number of anilines is 2. The van der Waals surface area contributed by atoms with E-state index >= 15 is 0 Å². The highest BCUT2D eigenvalue weighted by Crippen LogP contribution is 2.31. The Labute approximate surface area is 111 Å². The monoisotopic (exact) mass is 268 g/mol. The molecule has 1 aliphatic rings. The molecule has 18 heavy (non-hydrogen) atoms. The zero-order valence-corrected chi connectivity index (χ0v) is 11.4. The molecule has 1 aromatic rings. The fourth-order valence-electron chi connectivity index (χ4n) is 2.58. The molecule has 1 aromatic heterocycles. The lowest BCUT2D eigenvalue weighted by Crippen LogP contribution is -2.25. The Hall–Kier alpha value is -1.30. The SMILES string of the molecule is CC1CCCCC1CNc1snc(N)c1C(N)=O. The summed E-state index contributed by atoms with van der Waals surface area (Å²) in [5, 5.41) is 4.00. The van der Waals surface area contributed by atoms with Gasteiger partial charge in [-0.2, -0.15) is 4.37 Å². The van der Waals surface area contributed by atoms with Gasteiger partial charge in [-0.15, -0.1) is 0 Å². The lowest BCUT2D eigenvalue weighted by atomic mass is 9.80. The Kier molecular flexibility index (Phi) is 4.06. The van der Waals surface area contributed by atoms with Gasteiger partial charge in [0, 0.05) is 6.54 Å². The van der Waals surface area contributed by atoms with Gasteiger partial charge >= 0.3 is 0 Å². The van der Waals surface area contributed by atoms with Gasteiger partial charge in [-0.05, 0) is 29.8 Å². The molecule has 1 aliphatic carbocycles. The maximum atomic E-state index is 11.3. The van der Waals surface area contributed by atoms with Crippen LogP contribution in [0.5, 0.6) is 0 Å². The summed E-state index contributed by atoms with van der Waals surface area (Å²) in [6, 6.07) is 0. The fourth-order valence-corrected chi connectivity index (χ4v) is 3.31. The smallest absolute Gasteiger partial charge is 0.255 e. The number of nitrogens with two attached hydrogens (primary N) is 2. The van der Waals surface area contributed by atoms with Crippen LogP contribution in [0.15, 0.2) is 0 Å². The summed E-state index contributed by atoms with van der Waals surface area (Å²) >= 11 is 1.21. The molecule has 100 valence electrons. The number of carbonyl (C=O) groups excluding carboxylic acids is 1. The van der Waals surface area contributed by atoms with Crippen molar-refractivity contribution in [2.75, 3.05) is 17.6 Å². The van der Waals surface area contributed by atoms with Crippen LogP contribution in [-0.2, 0) is 0 Å². The van der Waals surface area contributed by atoms with Gasteiger partial charge in [0.15, 0.2) is 5.82 Å².